The first-order valence-corrected chi connectivity index (χ1v) is 12.8. The van der Waals surface area contributed by atoms with Crippen LogP contribution < -0.4 is 10.6 Å². The Morgan fingerprint density at radius 3 is 2.59 bits per heavy atom. The van der Waals surface area contributed by atoms with Crippen molar-refractivity contribution < 1.29 is 23.9 Å². The fourth-order valence-electron chi connectivity index (χ4n) is 5.23. The van der Waals surface area contributed by atoms with Crippen molar-refractivity contribution in [1.29, 1.82) is 0 Å². The van der Waals surface area contributed by atoms with Gasteiger partial charge in [-0.25, -0.2) is 14.5 Å². The molecule has 2 aliphatic carbocycles. The summed E-state index contributed by atoms with van der Waals surface area (Å²) in [6.07, 6.45) is 2.07. The van der Waals surface area contributed by atoms with E-state index >= 15 is 0 Å². The second kappa shape index (κ2) is 9.70. The van der Waals surface area contributed by atoms with Crippen molar-refractivity contribution in [3.8, 4) is 0 Å². The molecule has 5 rings (SSSR count). The molecule has 0 radical (unpaired) electrons. The monoisotopic (exact) mass is 524 g/mol. The maximum Gasteiger partial charge on any atom is 0.418 e. The predicted octanol–water partition coefficient (Wildman–Crippen LogP) is 4.04. The van der Waals surface area contributed by atoms with Crippen molar-refractivity contribution >= 4 is 41.2 Å². The first-order valence-electron chi connectivity index (χ1n) is 12.4. The highest BCUT2D eigenvalue weighted by Gasteiger charge is 2.58. The van der Waals surface area contributed by atoms with Crippen LogP contribution in [-0.4, -0.2) is 53.4 Å². The number of hydrogen-bond donors (Lipinski definition) is 2. The minimum Gasteiger partial charge on any atom is -0.427 e. The molecule has 1 aliphatic heterocycles. The van der Waals surface area contributed by atoms with Crippen molar-refractivity contribution in [1.82, 2.24) is 15.1 Å². The molecule has 2 aromatic carbocycles. The van der Waals surface area contributed by atoms with E-state index in [1.165, 1.54) is 7.05 Å². The number of aryl methyl sites for hydroxylation is 1. The van der Waals surface area contributed by atoms with Crippen LogP contribution in [-0.2, 0) is 32.9 Å². The van der Waals surface area contributed by atoms with Gasteiger partial charge in [0.05, 0.1) is 0 Å². The third kappa shape index (κ3) is 4.75. The topological polar surface area (TPSA) is 108 Å². The standard InChI is InChI=1S/C27H29ClN4O5/c1-16(18-5-6-18)31(14-17-3-7-20(28)8-4-17)23(33)15-32-24(34)27(37-26(32)36)12-11-19-13-21(9-10-22(19)27)30-25(35)29-2/h3-4,7-10,13,16,18H,5-6,11-12,14-15H2,1-2H3,(H2,29,30,35)/t16-,27+/m0/s1. The number of ether oxygens (including phenoxy) is 1. The minimum atomic E-state index is -1.44. The van der Waals surface area contributed by atoms with Gasteiger partial charge in [0.1, 0.15) is 6.54 Å². The summed E-state index contributed by atoms with van der Waals surface area (Å²) in [4.78, 5) is 54.3. The Kier molecular flexibility index (Phi) is 6.58. The highest BCUT2D eigenvalue weighted by Crippen LogP contribution is 2.46. The number of anilines is 1. The molecular weight excluding hydrogens is 496 g/mol. The summed E-state index contributed by atoms with van der Waals surface area (Å²) in [7, 11) is 1.52. The number of carbonyl (C=O) groups is 4. The molecule has 5 amide bonds. The van der Waals surface area contributed by atoms with Crippen LogP contribution in [0.15, 0.2) is 42.5 Å². The van der Waals surface area contributed by atoms with Crippen LogP contribution >= 0.6 is 11.6 Å². The Labute approximate surface area is 220 Å². The number of nitrogens with zero attached hydrogens (tertiary/aromatic N) is 2. The van der Waals surface area contributed by atoms with E-state index < -0.39 is 17.6 Å². The van der Waals surface area contributed by atoms with Gasteiger partial charge in [0.2, 0.25) is 11.5 Å². The summed E-state index contributed by atoms with van der Waals surface area (Å²) in [6.45, 7) is 1.99. The van der Waals surface area contributed by atoms with Crippen LogP contribution in [0.4, 0.5) is 15.3 Å². The Bertz CT molecular complexity index is 1260. The van der Waals surface area contributed by atoms with Crippen LogP contribution in [0.1, 0.15) is 42.9 Å². The first kappa shape index (κ1) is 25.1. The van der Waals surface area contributed by atoms with Gasteiger partial charge in [-0.15, -0.1) is 0 Å². The smallest absolute Gasteiger partial charge is 0.418 e. The van der Waals surface area contributed by atoms with Gasteiger partial charge < -0.3 is 20.3 Å². The number of halogens is 1. The molecule has 194 valence electrons. The summed E-state index contributed by atoms with van der Waals surface area (Å²) >= 11 is 6.01. The van der Waals surface area contributed by atoms with Gasteiger partial charge in [-0.1, -0.05) is 29.8 Å². The lowest BCUT2D eigenvalue weighted by Crippen LogP contribution is -2.47. The number of imide groups is 1. The number of urea groups is 1. The summed E-state index contributed by atoms with van der Waals surface area (Å²) < 4.78 is 5.69. The number of rotatable bonds is 7. The maximum absolute atomic E-state index is 13.6. The normalized spacial score (nSPS) is 21.0. The molecule has 9 nitrogen and oxygen atoms in total. The zero-order valence-electron chi connectivity index (χ0n) is 20.8. The van der Waals surface area contributed by atoms with E-state index in [0.717, 1.165) is 28.9 Å². The van der Waals surface area contributed by atoms with Crippen LogP contribution in [0.3, 0.4) is 0 Å². The van der Waals surface area contributed by atoms with Crippen LogP contribution in [0.5, 0.6) is 0 Å². The summed E-state index contributed by atoms with van der Waals surface area (Å²) in [5, 5.41) is 5.81. The first-order chi connectivity index (χ1) is 17.7. The second-order valence-corrected chi connectivity index (χ2v) is 10.3. The van der Waals surface area contributed by atoms with E-state index in [4.69, 9.17) is 16.3 Å². The zero-order valence-corrected chi connectivity index (χ0v) is 21.5. The van der Waals surface area contributed by atoms with Gasteiger partial charge in [-0.2, -0.15) is 0 Å². The molecule has 1 spiro atoms. The molecule has 0 aromatic heterocycles. The largest absolute Gasteiger partial charge is 0.427 e. The molecule has 1 heterocycles. The van der Waals surface area contributed by atoms with E-state index in [1.54, 1.807) is 35.2 Å². The van der Waals surface area contributed by atoms with Crippen molar-refractivity contribution in [2.45, 2.75) is 50.8 Å². The molecule has 0 bridgehead atoms. The number of nitrogens with one attached hydrogen (secondary N) is 2. The molecular formula is C27H29ClN4O5. The van der Waals surface area contributed by atoms with Crippen molar-refractivity contribution in [3.63, 3.8) is 0 Å². The van der Waals surface area contributed by atoms with Gasteiger partial charge in [0.25, 0.3) is 5.91 Å². The zero-order chi connectivity index (χ0) is 26.3. The lowest BCUT2D eigenvalue weighted by molar-refractivity contribution is -0.143. The van der Waals surface area contributed by atoms with Gasteiger partial charge in [-0.3, -0.25) is 9.59 Å². The quantitative estimate of drug-likeness (QED) is 0.568. The molecule has 1 saturated heterocycles. The molecule has 2 atom stereocenters. The fraction of sp³-hybridized carbons (Fsp3) is 0.407. The molecule has 2 aromatic rings. The van der Waals surface area contributed by atoms with Gasteiger partial charge in [0, 0.05) is 42.3 Å². The maximum atomic E-state index is 13.6. The Balaban J connectivity index is 1.34. The highest BCUT2D eigenvalue weighted by molar-refractivity contribution is 6.30. The number of benzene rings is 2. The van der Waals surface area contributed by atoms with E-state index in [2.05, 4.69) is 10.6 Å². The van der Waals surface area contributed by atoms with Gasteiger partial charge in [0.15, 0.2) is 0 Å². The van der Waals surface area contributed by atoms with Crippen molar-refractivity contribution in [2.24, 2.45) is 5.92 Å². The molecule has 1 saturated carbocycles. The second-order valence-electron chi connectivity index (χ2n) is 9.89. The average Bonchev–Trinajstić information content (AvgIpc) is 3.64. The summed E-state index contributed by atoms with van der Waals surface area (Å²) in [5.74, 6) is -0.426. The minimum absolute atomic E-state index is 0.0238. The van der Waals surface area contributed by atoms with Crippen LogP contribution in [0, 0.1) is 5.92 Å². The van der Waals surface area contributed by atoms with E-state index in [1.807, 2.05) is 19.1 Å². The average molecular weight is 525 g/mol. The Hall–Kier alpha value is -3.59. The van der Waals surface area contributed by atoms with Crippen LogP contribution in [0.2, 0.25) is 5.02 Å². The lowest BCUT2D eigenvalue weighted by Gasteiger charge is -2.30. The molecule has 37 heavy (non-hydrogen) atoms. The van der Waals surface area contributed by atoms with Gasteiger partial charge in [-0.05, 0) is 67.5 Å². The number of carbonyl (C=O) groups excluding carboxylic acids is 4. The number of hydrogen-bond acceptors (Lipinski definition) is 5. The van der Waals surface area contributed by atoms with E-state index in [9.17, 15) is 19.2 Å². The lowest BCUT2D eigenvalue weighted by atomic mass is 9.94. The van der Waals surface area contributed by atoms with Crippen molar-refractivity contribution in [2.75, 3.05) is 18.9 Å². The van der Waals surface area contributed by atoms with E-state index in [0.29, 0.717) is 35.2 Å². The highest BCUT2D eigenvalue weighted by atomic mass is 35.5. The molecule has 0 unspecified atom stereocenters. The molecule has 2 fully saturated rings. The summed E-state index contributed by atoms with van der Waals surface area (Å²) in [6, 6.07) is 12.1. The number of fused-ring (bicyclic) bond motifs is 2. The molecule has 2 N–H and O–H groups in total. The SMILES string of the molecule is CNC(=O)Nc1ccc2c(c1)CC[C@@]21OC(=O)N(CC(=O)N(Cc2ccc(Cl)cc2)[C@@H](C)C2CC2)C1=O. The van der Waals surface area contributed by atoms with Gasteiger partial charge >= 0.3 is 12.1 Å². The Morgan fingerprint density at radius 1 is 1.19 bits per heavy atom. The van der Waals surface area contributed by atoms with Crippen LogP contribution in [0.25, 0.3) is 0 Å². The molecule has 10 heteroatoms. The Morgan fingerprint density at radius 2 is 1.92 bits per heavy atom. The van der Waals surface area contributed by atoms with E-state index in [-0.39, 0.29) is 30.9 Å². The summed E-state index contributed by atoms with van der Waals surface area (Å²) in [5.41, 5.74) is 1.46. The fourth-order valence-corrected chi connectivity index (χ4v) is 5.36. The van der Waals surface area contributed by atoms with Crippen molar-refractivity contribution in [3.05, 3.63) is 64.2 Å². The third-order valence-electron chi connectivity index (χ3n) is 7.52. The number of amides is 5. The predicted molar refractivity (Wildman–Crippen MR) is 137 cm³/mol. The molecule has 3 aliphatic rings. The third-order valence-corrected chi connectivity index (χ3v) is 7.77.